The summed E-state index contributed by atoms with van der Waals surface area (Å²) < 4.78 is 5.88. The Hall–Kier alpha value is -2.63. The number of hydrogen-bond acceptors (Lipinski definition) is 4. The summed E-state index contributed by atoms with van der Waals surface area (Å²) in [6, 6.07) is 0. The third kappa shape index (κ3) is 36.1. The summed E-state index contributed by atoms with van der Waals surface area (Å²) in [6.45, 7) is 4.03. The average Bonchev–Trinajstić information content (AvgIpc) is 3.05. The molecule has 0 radical (unpaired) electrons. The number of carbonyl (C=O) groups is 3. The number of carboxylic acids is 1. The molecule has 0 bridgehead atoms. The Bertz CT molecular complexity index is 860. The van der Waals surface area contributed by atoms with Crippen LogP contribution >= 0.6 is 0 Å². The minimum absolute atomic E-state index is 0.0332. The molecule has 0 spiro atoms. The Morgan fingerprint density at radius 3 is 1.60 bits per heavy atom. The van der Waals surface area contributed by atoms with Gasteiger partial charge in [-0.05, 0) is 77.0 Å². The average molecular weight is 658 g/mol. The Labute approximate surface area is 289 Å². The zero-order chi connectivity index (χ0) is 34.5. The molecule has 2 N–H and O–H groups in total. The van der Waals surface area contributed by atoms with Crippen LogP contribution < -0.4 is 5.32 Å². The summed E-state index contributed by atoms with van der Waals surface area (Å²) in [4.78, 5) is 34.7. The van der Waals surface area contributed by atoms with E-state index in [9.17, 15) is 14.4 Å². The van der Waals surface area contributed by atoms with Gasteiger partial charge in [-0.15, -0.1) is 0 Å². The lowest BCUT2D eigenvalue weighted by Gasteiger charge is -2.18. The second kappa shape index (κ2) is 36.2. The van der Waals surface area contributed by atoms with Gasteiger partial charge in [0.05, 0.1) is 0 Å². The second-order valence-corrected chi connectivity index (χ2v) is 12.8. The number of unbranched alkanes of at least 4 members (excludes halogenated alkanes) is 15. The lowest BCUT2D eigenvalue weighted by molar-refractivity contribution is -0.150. The molecule has 0 rings (SSSR count). The minimum atomic E-state index is -1.03. The van der Waals surface area contributed by atoms with Crippen molar-refractivity contribution >= 4 is 17.8 Å². The van der Waals surface area contributed by atoms with E-state index in [-0.39, 0.29) is 24.5 Å². The summed E-state index contributed by atoms with van der Waals surface area (Å²) in [6.07, 6.45) is 45.5. The van der Waals surface area contributed by atoms with Crippen molar-refractivity contribution in [2.24, 2.45) is 0 Å². The fourth-order valence-corrected chi connectivity index (χ4v) is 5.45. The van der Waals surface area contributed by atoms with Gasteiger partial charge in [-0.25, -0.2) is 0 Å². The molecule has 1 amide bonds. The van der Waals surface area contributed by atoms with Gasteiger partial charge in [-0.3, -0.25) is 14.4 Å². The SMILES string of the molecule is CC/C=C\C/C=C\C/C=C\C/C=C\CCCCCCCCCCCCC(=O)OC(CCCCCC)CCCCCC(=O)NCC(=O)O. The van der Waals surface area contributed by atoms with Crippen molar-refractivity contribution < 1.29 is 24.2 Å². The van der Waals surface area contributed by atoms with E-state index < -0.39 is 5.97 Å². The van der Waals surface area contributed by atoms with E-state index in [4.69, 9.17) is 9.84 Å². The van der Waals surface area contributed by atoms with Gasteiger partial charge in [-0.1, -0.05) is 140 Å². The molecule has 1 atom stereocenters. The molecule has 0 aliphatic carbocycles. The molecule has 0 saturated carbocycles. The van der Waals surface area contributed by atoms with Crippen LogP contribution in [0.2, 0.25) is 0 Å². The van der Waals surface area contributed by atoms with Crippen LogP contribution in [0.4, 0.5) is 0 Å². The third-order valence-electron chi connectivity index (χ3n) is 8.27. The smallest absolute Gasteiger partial charge is 0.322 e. The van der Waals surface area contributed by atoms with Crippen molar-refractivity contribution in [2.75, 3.05) is 6.54 Å². The molecule has 0 aromatic heterocycles. The van der Waals surface area contributed by atoms with E-state index in [2.05, 4.69) is 67.8 Å². The van der Waals surface area contributed by atoms with Crippen LogP contribution in [0.1, 0.15) is 181 Å². The summed E-state index contributed by atoms with van der Waals surface area (Å²) in [5.74, 6) is -1.32. The number of allylic oxidation sites excluding steroid dienone is 8. The lowest BCUT2D eigenvalue weighted by Crippen LogP contribution is -2.28. The monoisotopic (exact) mass is 658 g/mol. The summed E-state index contributed by atoms with van der Waals surface area (Å²) in [5.41, 5.74) is 0. The first-order valence-corrected chi connectivity index (χ1v) is 19.3. The van der Waals surface area contributed by atoms with Crippen molar-refractivity contribution in [2.45, 2.75) is 187 Å². The van der Waals surface area contributed by atoms with E-state index in [1.54, 1.807) is 0 Å². The van der Waals surface area contributed by atoms with Crippen LogP contribution in [0.5, 0.6) is 0 Å². The molecule has 0 aliphatic rings. The van der Waals surface area contributed by atoms with Crippen molar-refractivity contribution in [1.29, 1.82) is 0 Å². The highest BCUT2D eigenvalue weighted by atomic mass is 16.5. The maximum atomic E-state index is 12.5. The van der Waals surface area contributed by atoms with Crippen molar-refractivity contribution in [3.05, 3.63) is 48.6 Å². The van der Waals surface area contributed by atoms with Gasteiger partial charge in [-0.2, -0.15) is 0 Å². The number of carboxylic acid groups (broad SMARTS) is 1. The second-order valence-electron chi connectivity index (χ2n) is 12.8. The highest BCUT2D eigenvalue weighted by Crippen LogP contribution is 2.18. The number of aliphatic carboxylic acids is 1. The zero-order valence-corrected chi connectivity index (χ0v) is 30.4. The molecule has 0 saturated heterocycles. The van der Waals surface area contributed by atoms with Gasteiger partial charge in [0.25, 0.3) is 0 Å². The normalized spacial score (nSPS) is 12.6. The van der Waals surface area contributed by atoms with Crippen molar-refractivity contribution in [3.8, 4) is 0 Å². The van der Waals surface area contributed by atoms with E-state index in [0.29, 0.717) is 19.3 Å². The number of nitrogens with one attached hydrogen (secondary N) is 1. The quantitative estimate of drug-likeness (QED) is 0.0408. The van der Waals surface area contributed by atoms with Gasteiger partial charge in [0.1, 0.15) is 12.6 Å². The zero-order valence-electron chi connectivity index (χ0n) is 30.4. The predicted molar refractivity (Wildman–Crippen MR) is 198 cm³/mol. The van der Waals surface area contributed by atoms with Crippen LogP contribution in [0.25, 0.3) is 0 Å². The molecule has 47 heavy (non-hydrogen) atoms. The number of rotatable bonds is 34. The number of carbonyl (C=O) groups excluding carboxylic acids is 2. The summed E-state index contributed by atoms with van der Waals surface area (Å²) in [7, 11) is 0. The fraction of sp³-hybridized carbons (Fsp3) is 0.732. The van der Waals surface area contributed by atoms with Crippen LogP contribution in [0.3, 0.4) is 0 Å². The first-order chi connectivity index (χ1) is 23.0. The van der Waals surface area contributed by atoms with E-state index >= 15 is 0 Å². The highest BCUT2D eigenvalue weighted by molar-refractivity contribution is 5.80. The lowest BCUT2D eigenvalue weighted by atomic mass is 10.0. The Morgan fingerprint density at radius 1 is 0.574 bits per heavy atom. The third-order valence-corrected chi connectivity index (χ3v) is 8.27. The van der Waals surface area contributed by atoms with Gasteiger partial charge in [0.2, 0.25) is 5.91 Å². The summed E-state index contributed by atoms with van der Waals surface area (Å²) in [5, 5.41) is 11.0. The first-order valence-electron chi connectivity index (χ1n) is 19.3. The van der Waals surface area contributed by atoms with Crippen LogP contribution in [0.15, 0.2) is 48.6 Å². The molecule has 1 unspecified atom stereocenters. The number of amides is 1. The minimum Gasteiger partial charge on any atom is -0.480 e. The molecular weight excluding hydrogens is 586 g/mol. The van der Waals surface area contributed by atoms with Gasteiger partial charge in [0, 0.05) is 12.8 Å². The van der Waals surface area contributed by atoms with Crippen LogP contribution in [-0.2, 0) is 19.1 Å². The molecule has 0 fully saturated rings. The van der Waals surface area contributed by atoms with Crippen molar-refractivity contribution in [1.82, 2.24) is 5.32 Å². The number of hydrogen-bond donors (Lipinski definition) is 2. The molecular formula is C41H71NO5. The molecule has 270 valence electrons. The van der Waals surface area contributed by atoms with Crippen LogP contribution in [0, 0.1) is 0 Å². The van der Waals surface area contributed by atoms with Gasteiger partial charge < -0.3 is 15.2 Å². The predicted octanol–water partition coefficient (Wildman–Crippen LogP) is 11.5. The Morgan fingerprint density at radius 2 is 1.04 bits per heavy atom. The molecule has 6 nitrogen and oxygen atoms in total. The van der Waals surface area contributed by atoms with E-state index in [1.165, 1.54) is 77.0 Å². The van der Waals surface area contributed by atoms with E-state index in [1.807, 2.05) is 0 Å². The molecule has 0 aromatic carbocycles. The summed E-state index contributed by atoms with van der Waals surface area (Å²) >= 11 is 0. The number of esters is 1. The maximum Gasteiger partial charge on any atom is 0.322 e. The van der Waals surface area contributed by atoms with Crippen LogP contribution in [-0.4, -0.2) is 35.6 Å². The molecule has 0 heterocycles. The Balaban J connectivity index is 3.78. The van der Waals surface area contributed by atoms with E-state index in [0.717, 1.165) is 70.6 Å². The largest absolute Gasteiger partial charge is 0.480 e. The number of ether oxygens (including phenoxy) is 1. The van der Waals surface area contributed by atoms with Gasteiger partial charge in [0.15, 0.2) is 0 Å². The Kier molecular flexibility index (Phi) is 34.2. The topological polar surface area (TPSA) is 92.7 Å². The maximum absolute atomic E-state index is 12.5. The first kappa shape index (κ1) is 44.4. The highest BCUT2D eigenvalue weighted by Gasteiger charge is 2.14. The standard InChI is InChI=1S/C41H71NO5/c1-3-5-7-9-10-11-12-13-14-15-16-17-18-19-20-21-22-23-24-25-26-27-32-36-41(46)47-38(33-29-8-6-4-2)34-30-28-31-35-39(43)42-37-40(44)45/h5,7,10-11,13-14,16-17,38H,3-4,6,8-9,12,15,18-37H2,1-2H3,(H,42,43)(H,44,45)/b7-5-,11-10-,14-13-,17-16-. The molecule has 0 aromatic rings. The molecule has 6 heteroatoms. The van der Waals surface area contributed by atoms with Crippen molar-refractivity contribution in [3.63, 3.8) is 0 Å². The fourth-order valence-electron chi connectivity index (χ4n) is 5.45. The molecule has 0 aliphatic heterocycles. The van der Waals surface area contributed by atoms with Gasteiger partial charge >= 0.3 is 11.9 Å².